The van der Waals surface area contributed by atoms with Gasteiger partial charge in [-0.05, 0) is 88.2 Å². The van der Waals surface area contributed by atoms with Crippen molar-refractivity contribution >= 4 is 76.0 Å². The first-order valence-electron chi connectivity index (χ1n) is 16.9. The summed E-state index contributed by atoms with van der Waals surface area (Å²) < 4.78 is 0. The summed E-state index contributed by atoms with van der Waals surface area (Å²) in [6.45, 7) is 0. The van der Waals surface area contributed by atoms with Gasteiger partial charge >= 0.3 is 0 Å². The number of anilines is 2. The summed E-state index contributed by atoms with van der Waals surface area (Å²) in [5.74, 6) is 0. The molecule has 0 fully saturated rings. The van der Waals surface area contributed by atoms with E-state index < -0.39 is 0 Å². The van der Waals surface area contributed by atoms with E-state index in [1.165, 1.54) is 86.9 Å². The van der Waals surface area contributed by atoms with Crippen molar-refractivity contribution in [3.8, 4) is 22.3 Å². The van der Waals surface area contributed by atoms with E-state index in [4.69, 9.17) is 0 Å². The molecule has 0 radical (unpaired) electrons. The Labute approximate surface area is 284 Å². The highest BCUT2D eigenvalue weighted by Gasteiger charge is 2.15. The van der Waals surface area contributed by atoms with E-state index >= 15 is 0 Å². The van der Waals surface area contributed by atoms with Crippen molar-refractivity contribution in [1.82, 2.24) is 0 Å². The van der Waals surface area contributed by atoms with Gasteiger partial charge in [0.25, 0.3) is 0 Å². The quantitative estimate of drug-likeness (QED) is 0.193. The molecule has 0 saturated carbocycles. The SMILES string of the molecule is c1ccc2c(c1)ccc1c(-c3ccc(Nc4ccc(-c5cccc6c5ccc5ccccc56)c5ccccc45)c4ccccc34)cccc12. The molecule has 0 unspecified atom stereocenters. The van der Waals surface area contributed by atoms with Crippen LogP contribution in [0.15, 0.2) is 182 Å². The standard InChI is InChI=1S/C48H31N/c1-3-13-33-31(11-1)23-25-41-35(33)19-9-21-37(41)43-27-29-47(45-17-7-5-15-39(43)45)49-48-30-28-44(40-16-6-8-18-46(40)48)38-22-10-20-36-34-14-4-2-12-32(34)24-26-42(36)38/h1-30,49H. The molecule has 0 aliphatic rings. The fourth-order valence-corrected chi connectivity index (χ4v) is 7.98. The maximum absolute atomic E-state index is 3.87. The zero-order valence-corrected chi connectivity index (χ0v) is 26.8. The van der Waals surface area contributed by atoms with Crippen molar-refractivity contribution in [2.45, 2.75) is 0 Å². The maximum Gasteiger partial charge on any atom is 0.0464 e. The van der Waals surface area contributed by atoms with Crippen molar-refractivity contribution in [3.63, 3.8) is 0 Å². The molecule has 1 N–H and O–H groups in total. The van der Waals surface area contributed by atoms with Crippen LogP contribution < -0.4 is 5.32 Å². The van der Waals surface area contributed by atoms with E-state index in [0.29, 0.717) is 0 Å². The molecule has 0 amide bonds. The predicted octanol–water partition coefficient (Wildman–Crippen LogP) is 13.7. The third-order valence-corrected chi connectivity index (χ3v) is 10.3. The second-order valence-electron chi connectivity index (χ2n) is 12.9. The summed E-state index contributed by atoms with van der Waals surface area (Å²) >= 11 is 0. The van der Waals surface area contributed by atoms with Gasteiger partial charge < -0.3 is 5.32 Å². The highest BCUT2D eigenvalue weighted by Crippen LogP contribution is 2.42. The van der Waals surface area contributed by atoms with Crippen LogP contribution in [0.5, 0.6) is 0 Å². The summed E-state index contributed by atoms with van der Waals surface area (Å²) in [7, 11) is 0. The fourth-order valence-electron chi connectivity index (χ4n) is 7.98. The molecule has 0 aliphatic carbocycles. The Kier molecular flexibility index (Phi) is 6.25. The van der Waals surface area contributed by atoms with Crippen molar-refractivity contribution < 1.29 is 0 Å². The molecule has 1 heteroatoms. The maximum atomic E-state index is 3.87. The summed E-state index contributed by atoms with van der Waals surface area (Å²) in [5, 5.41) is 19.0. The Bertz CT molecular complexity index is 2720. The van der Waals surface area contributed by atoms with Gasteiger partial charge in [0.1, 0.15) is 0 Å². The van der Waals surface area contributed by atoms with Crippen LogP contribution in [0, 0.1) is 0 Å². The first-order valence-corrected chi connectivity index (χ1v) is 16.9. The van der Waals surface area contributed by atoms with Crippen LogP contribution in [0.4, 0.5) is 11.4 Å². The highest BCUT2D eigenvalue weighted by atomic mass is 14.9. The number of fused-ring (bicyclic) bond motifs is 8. The molecular weight excluding hydrogens is 591 g/mol. The molecule has 0 atom stereocenters. The van der Waals surface area contributed by atoms with Gasteiger partial charge in [-0.25, -0.2) is 0 Å². The molecule has 10 aromatic rings. The van der Waals surface area contributed by atoms with Gasteiger partial charge in [0.15, 0.2) is 0 Å². The van der Waals surface area contributed by atoms with Crippen LogP contribution >= 0.6 is 0 Å². The first kappa shape index (κ1) is 27.7. The average Bonchev–Trinajstić information content (AvgIpc) is 3.17. The second-order valence-corrected chi connectivity index (χ2v) is 12.9. The van der Waals surface area contributed by atoms with E-state index in [0.717, 1.165) is 11.4 Å². The molecule has 0 aliphatic heterocycles. The van der Waals surface area contributed by atoms with Crippen LogP contribution in [0.1, 0.15) is 0 Å². The van der Waals surface area contributed by atoms with Gasteiger partial charge in [0.05, 0.1) is 0 Å². The third-order valence-electron chi connectivity index (χ3n) is 10.3. The minimum Gasteiger partial charge on any atom is -0.355 e. The number of rotatable bonds is 4. The van der Waals surface area contributed by atoms with Crippen LogP contribution in [0.2, 0.25) is 0 Å². The van der Waals surface area contributed by atoms with E-state index in [1.54, 1.807) is 0 Å². The molecule has 49 heavy (non-hydrogen) atoms. The van der Waals surface area contributed by atoms with Crippen molar-refractivity contribution in [2.24, 2.45) is 0 Å². The van der Waals surface area contributed by atoms with Gasteiger partial charge in [-0.1, -0.05) is 170 Å². The lowest BCUT2D eigenvalue weighted by Gasteiger charge is -2.18. The van der Waals surface area contributed by atoms with Crippen LogP contribution in [-0.2, 0) is 0 Å². The Morgan fingerprint density at radius 1 is 0.204 bits per heavy atom. The summed E-state index contributed by atoms with van der Waals surface area (Å²) in [6.07, 6.45) is 0. The molecule has 0 saturated heterocycles. The van der Waals surface area contributed by atoms with Crippen LogP contribution in [-0.4, -0.2) is 0 Å². The van der Waals surface area contributed by atoms with Crippen LogP contribution in [0.3, 0.4) is 0 Å². The van der Waals surface area contributed by atoms with Gasteiger partial charge in [-0.2, -0.15) is 0 Å². The normalized spacial score (nSPS) is 11.7. The molecule has 0 spiro atoms. The summed E-state index contributed by atoms with van der Waals surface area (Å²) in [5.41, 5.74) is 7.18. The minimum atomic E-state index is 1.10. The lowest BCUT2D eigenvalue weighted by molar-refractivity contribution is 1.60. The van der Waals surface area contributed by atoms with Gasteiger partial charge in [-0.15, -0.1) is 0 Å². The Morgan fingerprint density at radius 2 is 0.551 bits per heavy atom. The monoisotopic (exact) mass is 621 g/mol. The largest absolute Gasteiger partial charge is 0.355 e. The first-order chi connectivity index (χ1) is 24.3. The van der Waals surface area contributed by atoms with E-state index in [1.807, 2.05) is 0 Å². The zero-order chi connectivity index (χ0) is 32.3. The zero-order valence-electron chi connectivity index (χ0n) is 26.8. The second kappa shape index (κ2) is 11.1. The van der Waals surface area contributed by atoms with Crippen LogP contribution in [0.25, 0.3) is 86.9 Å². The van der Waals surface area contributed by atoms with Gasteiger partial charge in [-0.3, -0.25) is 0 Å². The van der Waals surface area contributed by atoms with Gasteiger partial charge in [0.2, 0.25) is 0 Å². The average molecular weight is 622 g/mol. The van der Waals surface area contributed by atoms with E-state index in [9.17, 15) is 0 Å². The summed E-state index contributed by atoms with van der Waals surface area (Å²) in [6, 6.07) is 66.4. The molecule has 0 bridgehead atoms. The Balaban J connectivity index is 1.10. The molecule has 10 rings (SSSR count). The predicted molar refractivity (Wildman–Crippen MR) is 212 cm³/mol. The smallest absolute Gasteiger partial charge is 0.0464 e. The number of hydrogen-bond acceptors (Lipinski definition) is 1. The van der Waals surface area contributed by atoms with E-state index in [2.05, 4.69) is 187 Å². The minimum absolute atomic E-state index is 1.10. The lowest BCUT2D eigenvalue weighted by Crippen LogP contribution is -1.95. The van der Waals surface area contributed by atoms with Crippen molar-refractivity contribution in [3.05, 3.63) is 182 Å². The molecule has 0 heterocycles. The fraction of sp³-hybridized carbons (Fsp3) is 0. The van der Waals surface area contributed by atoms with Crippen molar-refractivity contribution in [1.29, 1.82) is 0 Å². The Hall–Kier alpha value is -6.44. The Morgan fingerprint density at radius 3 is 1.02 bits per heavy atom. The van der Waals surface area contributed by atoms with Crippen molar-refractivity contribution in [2.75, 3.05) is 5.32 Å². The number of benzene rings is 10. The molecule has 10 aromatic carbocycles. The number of hydrogen-bond donors (Lipinski definition) is 1. The van der Waals surface area contributed by atoms with E-state index in [-0.39, 0.29) is 0 Å². The third kappa shape index (κ3) is 4.40. The molecule has 0 aromatic heterocycles. The highest BCUT2D eigenvalue weighted by molar-refractivity contribution is 6.17. The van der Waals surface area contributed by atoms with Gasteiger partial charge in [0, 0.05) is 22.1 Å². The summed E-state index contributed by atoms with van der Waals surface area (Å²) in [4.78, 5) is 0. The lowest BCUT2D eigenvalue weighted by atomic mass is 9.91. The molecular formula is C48H31N. The molecule has 228 valence electrons. The number of nitrogens with one attached hydrogen (secondary N) is 1. The topological polar surface area (TPSA) is 12.0 Å². The molecule has 1 nitrogen and oxygen atoms in total.